The molecule has 0 bridgehead atoms. The largest absolute Gasteiger partial charge is 0.416 e. The van der Waals surface area contributed by atoms with Crippen molar-refractivity contribution in [3.05, 3.63) is 74.8 Å². The van der Waals surface area contributed by atoms with Crippen LogP contribution in [0.5, 0.6) is 0 Å². The first-order valence-corrected chi connectivity index (χ1v) is 11.3. The summed E-state index contributed by atoms with van der Waals surface area (Å²) in [6, 6.07) is 12.3. The van der Waals surface area contributed by atoms with E-state index in [-0.39, 0.29) is 17.5 Å². The number of piperidine rings is 1. The molecule has 0 aliphatic carbocycles. The van der Waals surface area contributed by atoms with E-state index in [1.807, 2.05) is 30.3 Å². The van der Waals surface area contributed by atoms with Gasteiger partial charge in [-0.25, -0.2) is 0 Å². The van der Waals surface area contributed by atoms with Crippen LogP contribution in [0.25, 0.3) is 0 Å². The van der Waals surface area contributed by atoms with Crippen LogP contribution in [0.15, 0.2) is 48.5 Å². The number of rotatable bonds is 6. The Labute approximate surface area is 196 Å². The smallest absolute Gasteiger partial charge is 0.366 e. The number of nitrogens with one attached hydrogen (secondary N) is 1. The molecule has 0 saturated carbocycles. The molecule has 3 aromatic rings. The Morgan fingerprint density at radius 3 is 2.50 bits per heavy atom. The van der Waals surface area contributed by atoms with Crippen molar-refractivity contribution in [2.24, 2.45) is 5.92 Å². The van der Waals surface area contributed by atoms with Gasteiger partial charge in [0.25, 0.3) is 5.69 Å². The molecule has 0 spiro atoms. The highest BCUT2D eigenvalue weighted by molar-refractivity contribution is 7.15. The predicted octanol–water partition coefficient (Wildman–Crippen LogP) is 4.91. The van der Waals surface area contributed by atoms with Crippen LogP contribution in [0.3, 0.4) is 0 Å². The molecule has 4 rings (SSSR count). The Morgan fingerprint density at radius 1 is 1.15 bits per heavy atom. The minimum Gasteiger partial charge on any atom is -0.366 e. The van der Waals surface area contributed by atoms with Crippen molar-refractivity contribution in [1.82, 2.24) is 10.2 Å². The second kappa shape index (κ2) is 9.75. The Kier molecular flexibility index (Phi) is 6.77. The van der Waals surface area contributed by atoms with Crippen molar-refractivity contribution in [2.75, 3.05) is 23.3 Å². The third-order valence-corrected chi connectivity index (χ3v) is 6.44. The van der Waals surface area contributed by atoms with Crippen molar-refractivity contribution in [2.45, 2.75) is 25.4 Å². The molecule has 1 fully saturated rings. The number of hydrogen-bond acceptors (Lipinski definition) is 7. The highest BCUT2D eigenvalue weighted by Gasteiger charge is 2.35. The van der Waals surface area contributed by atoms with Crippen molar-refractivity contribution < 1.29 is 22.9 Å². The molecular formula is C22H20F3N5O3S. The maximum atomic E-state index is 12.9. The van der Waals surface area contributed by atoms with Crippen molar-refractivity contribution >= 4 is 33.8 Å². The standard InChI is InChI=1S/C22H20F3N5O3S/c23-22(24,25)16-6-7-17(18(13-16)30(32)33)29-10-8-15(9-11-29)20(31)26-21-28-27-19(34-21)12-14-4-2-1-3-5-14/h1-7,13,15H,8-12H2,(H,26,28,31). The van der Waals surface area contributed by atoms with Crippen molar-refractivity contribution in [3.63, 3.8) is 0 Å². The molecule has 12 heteroatoms. The van der Waals surface area contributed by atoms with Gasteiger partial charge >= 0.3 is 6.18 Å². The number of nitrogens with zero attached hydrogens (tertiary/aromatic N) is 4. The summed E-state index contributed by atoms with van der Waals surface area (Å²) in [5.41, 5.74) is -0.466. The van der Waals surface area contributed by atoms with Gasteiger partial charge in [0.1, 0.15) is 10.7 Å². The van der Waals surface area contributed by atoms with E-state index in [4.69, 9.17) is 0 Å². The zero-order valence-electron chi connectivity index (χ0n) is 17.8. The van der Waals surface area contributed by atoms with Gasteiger partial charge in [0, 0.05) is 31.5 Å². The summed E-state index contributed by atoms with van der Waals surface area (Å²) in [6.45, 7) is 0.610. The van der Waals surface area contributed by atoms with Gasteiger partial charge in [0.2, 0.25) is 11.0 Å². The molecule has 8 nitrogen and oxygen atoms in total. The molecule has 34 heavy (non-hydrogen) atoms. The lowest BCUT2D eigenvalue weighted by Crippen LogP contribution is -2.38. The van der Waals surface area contributed by atoms with Gasteiger partial charge < -0.3 is 10.2 Å². The first kappa shape index (κ1) is 23.6. The SMILES string of the molecule is O=C(Nc1nnc(Cc2ccccc2)s1)C1CCN(c2ccc(C(F)(F)F)cc2[N+](=O)[O-])CC1. The van der Waals surface area contributed by atoms with Crippen LogP contribution in [-0.4, -0.2) is 34.1 Å². The minimum atomic E-state index is -4.67. The molecule has 178 valence electrons. The molecule has 1 N–H and O–H groups in total. The fraction of sp³-hybridized carbons (Fsp3) is 0.318. The van der Waals surface area contributed by atoms with E-state index >= 15 is 0 Å². The topological polar surface area (TPSA) is 101 Å². The van der Waals surface area contributed by atoms with Gasteiger partial charge in [-0.3, -0.25) is 14.9 Å². The molecule has 1 amide bonds. The lowest BCUT2D eigenvalue weighted by atomic mass is 9.95. The Hall–Kier alpha value is -3.54. The first-order chi connectivity index (χ1) is 16.2. The number of nitro groups is 1. The van der Waals surface area contributed by atoms with E-state index in [0.29, 0.717) is 43.5 Å². The summed E-state index contributed by atoms with van der Waals surface area (Å²) >= 11 is 1.29. The monoisotopic (exact) mass is 491 g/mol. The van der Waals surface area contributed by atoms with Gasteiger partial charge in [0.05, 0.1) is 10.5 Å². The third-order valence-electron chi connectivity index (χ3n) is 5.60. The summed E-state index contributed by atoms with van der Waals surface area (Å²) in [5.74, 6) is -0.560. The zero-order valence-corrected chi connectivity index (χ0v) is 18.6. The van der Waals surface area contributed by atoms with Gasteiger partial charge in [-0.15, -0.1) is 10.2 Å². The van der Waals surface area contributed by atoms with Gasteiger partial charge in [-0.05, 0) is 30.5 Å². The van der Waals surface area contributed by atoms with E-state index in [1.165, 1.54) is 11.3 Å². The zero-order chi connectivity index (χ0) is 24.3. The van der Waals surface area contributed by atoms with Crippen LogP contribution in [0, 0.1) is 16.0 Å². The van der Waals surface area contributed by atoms with E-state index < -0.39 is 22.4 Å². The second-order valence-corrected chi connectivity index (χ2v) is 8.93. The molecule has 0 radical (unpaired) electrons. The average molecular weight is 491 g/mol. The second-order valence-electron chi connectivity index (χ2n) is 7.87. The van der Waals surface area contributed by atoms with Crippen molar-refractivity contribution in [1.29, 1.82) is 0 Å². The molecule has 1 aliphatic rings. The number of benzene rings is 2. The van der Waals surface area contributed by atoms with Crippen LogP contribution in [-0.2, 0) is 17.4 Å². The summed E-state index contributed by atoms with van der Waals surface area (Å²) < 4.78 is 38.8. The number of carbonyl (C=O) groups is 1. The minimum absolute atomic E-state index is 0.117. The summed E-state index contributed by atoms with van der Waals surface area (Å²) in [7, 11) is 0. The van der Waals surface area contributed by atoms with E-state index in [0.717, 1.165) is 22.7 Å². The highest BCUT2D eigenvalue weighted by atomic mass is 32.1. The van der Waals surface area contributed by atoms with Crippen LogP contribution >= 0.6 is 11.3 Å². The van der Waals surface area contributed by atoms with Gasteiger partial charge in [-0.1, -0.05) is 41.7 Å². The quantitative estimate of drug-likeness (QED) is 0.388. The lowest BCUT2D eigenvalue weighted by Gasteiger charge is -2.32. The third kappa shape index (κ3) is 5.50. The summed E-state index contributed by atoms with van der Waals surface area (Å²) in [6.07, 6.45) is -3.25. The maximum Gasteiger partial charge on any atom is 0.416 e. The molecule has 2 heterocycles. The number of nitro benzene ring substituents is 1. The average Bonchev–Trinajstić information content (AvgIpc) is 3.25. The normalized spacial score (nSPS) is 14.7. The Morgan fingerprint density at radius 2 is 1.85 bits per heavy atom. The number of hydrogen-bond donors (Lipinski definition) is 1. The summed E-state index contributed by atoms with van der Waals surface area (Å²) in [5, 5.41) is 23.5. The number of carbonyl (C=O) groups excluding carboxylic acids is 1. The van der Waals surface area contributed by atoms with Gasteiger partial charge in [0.15, 0.2) is 0 Å². The maximum absolute atomic E-state index is 12.9. The fourth-order valence-electron chi connectivity index (χ4n) is 3.85. The Bertz CT molecular complexity index is 1180. The van der Waals surface area contributed by atoms with Crippen molar-refractivity contribution in [3.8, 4) is 0 Å². The number of anilines is 2. The molecule has 1 saturated heterocycles. The Balaban J connectivity index is 1.36. The number of amides is 1. The lowest BCUT2D eigenvalue weighted by molar-refractivity contribution is -0.384. The highest BCUT2D eigenvalue weighted by Crippen LogP contribution is 2.37. The molecule has 0 atom stereocenters. The number of aromatic nitrogens is 2. The van der Waals surface area contributed by atoms with E-state index in [1.54, 1.807) is 4.90 Å². The molecule has 1 aliphatic heterocycles. The van der Waals surface area contributed by atoms with E-state index in [9.17, 15) is 28.1 Å². The molecule has 1 aromatic heterocycles. The van der Waals surface area contributed by atoms with Gasteiger partial charge in [-0.2, -0.15) is 13.2 Å². The van der Waals surface area contributed by atoms with Crippen LogP contribution < -0.4 is 10.2 Å². The van der Waals surface area contributed by atoms with Crippen LogP contribution in [0.1, 0.15) is 29.0 Å². The summed E-state index contributed by atoms with van der Waals surface area (Å²) in [4.78, 5) is 24.9. The molecular weight excluding hydrogens is 471 g/mol. The number of halogens is 3. The molecule has 2 aromatic carbocycles. The number of alkyl halides is 3. The van der Waals surface area contributed by atoms with Crippen LogP contribution in [0.2, 0.25) is 0 Å². The first-order valence-electron chi connectivity index (χ1n) is 10.5. The molecule has 0 unspecified atom stereocenters. The fourth-order valence-corrected chi connectivity index (χ4v) is 4.63. The van der Waals surface area contributed by atoms with E-state index in [2.05, 4.69) is 15.5 Å². The predicted molar refractivity (Wildman–Crippen MR) is 121 cm³/mol. The van der Waals surface area contributed by atoms with Crippen LogP contribution in [0.4, 0.5) is 29.7 Å².